The number of benzene rings is 5. The van der Waals surface area contributed by atoms with Gasteiger partial charge in [0.05, 0.1) is 24.9 Å². The number of imidazole rings is 1. The molecule has 0 aliphatic carbocycles. The largest absolute Gasteiger partial charge is 0.456 e. The van der Waals surface area contributed by atoms with Gasteiger partial charge < -0.3 is 14.0 Å². The third kappa shape index (κ3) is 7.32. The van der Waals surface area contributed by atoms with E-state index in [-0.39, 0.29) is 20.1 Å². The summed E-state index contributed by atoms with van der Waals surface area (Å²) in [5, 5.41) is 8.46. The molecule has 4 nitrogen and oxygen atoms in total. The number of pyridine rings is 1. The number of furan rings is 1. The molecule has 7 heteroatoms. The van der Waals surface area contributed by atoms with Crippen LogP contribution in [0.15, 0.2) is 126 Å². The Hall–Kier alpha value is -4.65. The number of aryl methyl sites for hydroxylation is 1. The Morgan fingerprint density at radius 2 is 1.57 bits per heavy atom. The van der Waals surface area contributed by atoms with E-state index in [1.54, 1.807) is 11.3 Å². The van der Waals surface area contributed by atoms with Crippen LogP contribution in [0, 0.1) is 24.3 Å². The van der Waals surface area contributed by atoms with Gasteiger partial charge in [0.25, 0.3) is 0 Å². The molecular weight excluding hydrogens is 863 g/mol. The van der Waals surface area contributed by atoms with E-state index in [9.17, 15) is 0 Å². The maximum Gasteiger partial charge on any atom is 0.137 e. The summed E-state index contributed by atoms with van der Waals surface area (Å²) in [6.07, 6.45) is 3.24. The third-order valence-electron chi connectivity index (χ3n) is 9.49. The number of hydrogen-bond donors (Lipinski definition) is 0. The van der Waals surface area contributed by atoms with Crippen LogP contribution >= 0.6 is 11.3 Å². The first-order chi connectivity index (χ1) is 25.1. The fourth-order valence-electron chi connectivity index (χ4n) is 7.04. The van der Waals surface area contributed by atoms with Crippen LogP contribution in [-0.2, 0) is 26.5 Å². The second-order valence-electron chi connectivity index (χ2n) is 15.0. The maximum atomic E-state index is 6.18. The third-order valence-corrected chi connectivity index (χ3v) is 12.4. The molecule has 4 heterocycles. The monoisotopic (exact) mass is 904 g/mol. The van der Waals surface area contributed by atoms with Crippen LogP contribution in [0.1, 0.15) is 25.0 Å². The van der Waals surface area contributed by atoms with Gasteiger partial charge in [-0.1, -0.05) is 109 Å². The Labute approximate surface area is 329 Å². The van der Waals surface area contributed by atoms with E-state index < -0.39 is 8.07 Å². The van der Waals surface area contributed by atoms with E-state index in [1.807, 2.05) is 42.5 Å². The zero-order valence-corrected chi connectivity index (χ0v) is 35.0. The van der Waals surface area contributed by atoms with Crippen molar-refractivity contribution >= 4 is 67.7 Å². The summed E-state index contributed by atoms with van der Waals surface area (Å²) < 4.78 is 9.63. The molecule has 0 bridgehead atoms. The Morgan fingerprint density at radius 1 is 0.811 bits per heavy atom. The minimum atomic E-state index is -1.34. The van der Waals surface area contributed by atoms with E-state index in [4.69, 9.17) is 9.40 Å². The maximum absolute atomic E-state index is 6.18. The quantitative estimate of drug-likeness (QED) is 0.123. The van der Waals surface area contributed by atoms with Crippen molar-refractivity contribution < 1.29 is 24.5 Å². The first-order valence-corrected chi connectivity index (χ1v) is 22.2. The fraction of sp³-hybridized carbons (Fsp3) is 0.174. The molecule has 0 fully saturated rings. The van der Waals surface area contributed by atoms with E-state index in [2.05, 4.69) is 140 Å². The van der Waals surface area contributed by atoms with Crippen molar-refractivity contribution in [2.45, 2.75) is 46.8 Å². The molecule has 4 aromatic heterocycles. The molecule has 0 saturated carbocycles. The van der Waals surface area contributed by atoms with Crippen LogP contribution in [0.5, 0.6) is 0 Å². The van der Waals surface area contributed by atoms with Gasteiger partial charge in [-0.25, -0.2) is 0 Å². The van der Waals surface area contributed by atoms with Gasteiger partial charge in [-0.3, -0.25) is 16.3 Å². The predicted octanol–water partition coefficient (Wildman–Crippen LogP) is 12.2. The van der Waals surface area contributed by atoms with Crippen LogP contribution in [0.4, 0.5) is 0 Å². The number of aromatic nitrogens is 3. The Balaban J connectivity index is 0.000000180. The Kier molecular flexibility index (Phi) is 10.4. The molecule has 0 atom stereocenters. The molecule has 0 N–H and O–H groups in total. The molecule has 0 aliphatic heterocycles. The molecule has 1 radical (unpaired) electrons. The normalized spacial score (nSPS) is 11.7. The van der Waals surface area contributed by atoms with E-state index in [1.165, 1.54) is 26.4 Å². The number of thiophene rings is 1. The van der Waals surface area contributed by atoms with Gasteiger partial charge in [0, 0.05) is 48.8 Å². The fourth-order valence-corrected chi connectivity index (χ4v) is 9.56. The van der Waals surface area contributed by atoms with Crippen LogP contribution in [0.25, 0.3) is 71.4 Å². The van der Waals surface area contributed by atoms with Crippen molar-refractivity contribution in [3.8, 4) is 28.3 Å². The zero-order chi connectivity index (χ0) is 36.0. The molecular formula is C46H41IrN3OSSi-2. The van der Waals surface area contributed by atoms with E-state index in [0.29, 0.717) is 5.92 Å². The van der Waals surface area contributed by atoms with Gasteiger partial charge in [0.15, 0.2) is 0 Å². The summed E-state index contributed by atoms with van der Waals surface area (Å²) in [6, 6.07) is 43.0. The number of hydrogen-bond acceptors (Lipinski definition) is 4. The molecule has 0 amide bonds. The van der Waals surface area contributed by atoms with Crippen LogP contribution in [0.2, 0.25) is 19.6 Å². The number of para-hydroxylation sites is 3. The minimum absolute atomic E-state index is 0. The van der Waals surface area contributed by atoms with Crippen molar-refractivity contribution in [3.05, 3.63) is 144 Å². The van der Waals surface area contributed by atoms with Crippen LogP contribution < -0.4 is 5.19 Å². The zero-order valence-electron chi connectivity index (χ0n) is 30.8. The van der Waals surface area contributed by atoms with Crippen molar-refractivity contribution in [2.24, 2.45) is 5.92 Å². The summed E-state index contributed by atoms with van der Waals surface area (Å²) in [5.74, 6) is 1.57. The number of nitrogens with zero attached hydrogens (tertiary/aromatic N) is 3. The Morgan fingerprint density at radius 3 is 2.36 bits per heavy atom. The summed E-state index contributed by atoms with van der Waals surface area (Å²) in [6.45, 7) is 13.9. The average Bonchev–Trinajstić information content (AvgIpc) is 3.84. The molecule has 0 spiro atoms. The average molecular weight is 904 g/mol. The molecule has 0 aliphatic rings. The van der Waals surface area contributed by atoms with Gasteiger partial charge in [0.2, 0.25) is 0 Å². The SMILES string of the molecule is CC(C)Cc1cc(-c2[c-]cccc2)ncc1[Si](C)(C)C.Cc1ccc2c(-c3nc4ccccc4n3-c3ccc4c(c3)oc3ccccc34)[c-]sc2c1.[Ir]. The van der Waals surface area contributed by atoms with Gasteiger partial charge in [-0.15, -0.1) is 47.3 Å². The topological polar surface area (TPSA) is 43.9 Å². The smallest absolute Gasteiger partial charge is 0.137 e. The molecule has 0 unspecified atom stereocenters. The Bertz CT molecular complexity index is 2700. The van der Waals surface area contributed by atoms with Gasteiger partial charge in [-0.2, -0.15) is 0 Å². The van der Waals surface area contributed by atoms with Gasteiger partial charge in [0.1, 0.15) is 11.2 Å². The van der Waals surface area contributed by atoms with Crippen molar-refractivity contribution in [3.63, 3.8) is 0 Å². The summed E-state index contributed by atoms with van der Waals surface area (Å²) in [7, 11) is -1.34. The van der Waals surface area contributed by atoms with E-state index in [0.717, 1.165) is 67.7 Å². The van der Waals surface area contributed by atoms with Crippen LogP contribution in [-0.4, -0.2) is 22.6 Å². The summed E-state index contributed by atoms with van der Waals surface area (Å²) >= 11 is 1.65. The standard InChI is InChI=1S/C28H17N2OS.C18H24NSi.Ir/c1-17-10-12-21-22(16-32-27(21)14-17)28-29-23-7-3-4-8-24(23)30(28)18-11-13-20-19-6-2-5-9-25(19)31-26(20)15-18;1-14(2)11-16-12-17(15-9-7-6-8-10-15)19-13-18(16)20(3,4)5;/h2-15H,1H3;6-9,12-14H,11H2,1-5H3;/q2*-1;. The van der Waals surface area contributed by atoms with Crippen LogP contribution in [0.3, 0.4) is 0 Å². The molecule has 9 aromatic rings. The summed E-state index contributed by atoms with van der Waals surface area (Å²) in [5.41, 5.74) is 10.7. The van der Waals surface area contributed by atoms with Crippen molar-refractivity contribution in [1.82, 2.24) is 14.5 Å². The van der Waals surface area contributed by atoms with Gasteiger partial charge in [-0.05, 0) is 60.5 Å². The minimum Gasteiger partial charge on any atom is -0.456 e. The second-order valence-corrected chi connectivity index (χ2v) is 20.9. The second kappa shape index (κ2) is 15.0. The molecule has 267 valence electrons. The first-order valence-electron chi connectivity index (χ1n) is 17.9. The first kappa shape index (κ1) is 36.7. The van der Waals surface area contributed by atoms with Gasteiger partial charge >= 0.3 is 0 Å². The van der Waals surface area contributed by atoms with E-state index >= 15 is 0 Å². The number of fused-ring (bicyclic) bond motifs is 5. The molecule has 53 heavy (non-hydrogen) atoms. The van der Waals surface area contributed by atoms with Crippen molar-refractivity contribution in [1.29, 1.82) is 0 Å². The summed E-state index contributed by atoms with van der Waals surface area (Å²) in [4.78, 5) is 9.72. The predicted molar refractivity (Wildman–Crippen MR) is 223 cm³/mol. The molecule has 5 aromatic carbocycles. The molecule has 0 saturated heterocycles. The van der Waals surface area contributed by atoms with Crippen molar-refractivity contribution in [2.75, 3.05) is 0 Å². The number of rotatable bonds is 6. The molecule has 9 rings (SSSR count).